The molecule has 2 aromatic carbocycles. The van der Waals surface area contributed by atoms with Crippen molar-refractivity contribution < 1.29 is 14.4 Å². The van der Waals surface area contributed by atoms with Crippen molar-refractivity contribution in [3.8, 4) is 0 Å². The normalized spacial score (nSPS) is 12.6. The van der Waals surface area contributed by atoms with Gasteiger partial charge in [-0.15, -0.1) is 0 Å². The highest BCUT2D eigenvalue weighted by Crippen LogP contribution is 2.29. The van der Waals surface area contributed by atoms with E-state index in [1.807, 2.05) is 0 Å². The number of carbonyl (C=O) groups is 3. The maximum Gasteiger partial charge on any atom is 0.255 e. The lowest BCUT2D eigenvalue weighted by Crippen LogP contribution is -2.25. The highest BCUT2D eigenvalue weighted by Gasteiger charge is 2.23. The van der Waals surface area contributed by atoms with Crippen LogP contribution >= 0.6 is 0 Å². The first-order valence-electron chi connectivity index (χ1n) is 7.58. The molecule has 0 aliphatic carbocycles. The van der Waals surface area contributed by atoms with Crippen molar-refractivity contribution >= 4 is 29.1 Å². The van der Waals surface area contributed by atoms with E-state index in [9.17, 15) is 14.4 Å². The Morgan fingerprint density at radius 1 is 1.12 bits per heavy atom. The predicted molar refractivity (Wildman–Crippen MR) is 91.1 cm³/mol. The molecule has 0 spiro atoms. The molecule has 0 atom stereocenters. The van der Waals surface area contributed by atoms with E-state index in [4.69, 9.17) is 5.73 Å². The molecule has 0 radical (unpaired) electrons. The lowest BCUT2D eigenvalue weighted by molar-refractivity contribution is -0.116. The summed E-state index contributed by atoms with van der Waals surface area (Å²) in [6.07, 6.45) is 0.716. The van der Waals surface area contributed by atoms with Gasteiger partial charge in [0.05, 0.1) is 11.3 Å². The monoisotopic (exact) mass is 323 g/mol. The van der Waals surface area contributed by atoms with Crippen LogP contribution < -0.4 is 16.0 Å². The first-order chi connectivity index (χ1) is 11.5. The molecule has 1 heterocycles. The molecular weight excluding hydrogens is 306 g/mol. The van der Waals surface area contributed by atoms with Crippen molar-refractivity contribution in [2.24, 2.45) is 5.73 Å². The van der Waals surface area contributed by atoms with Crippen molar-refractivity contribution in [2.75, 3.05) is 16.8 Å². The number of primary amides is 1. The summed E-state index contributed by atoms with van der Waals surface area (Å²) in [5, 5.41) is 2.71. The fourth-order valence-electron chi connectivity index (χ4n) is 2.87. The van der Waals surface area contributed by atoms with E-state index in [2.05, 4.69) is 5.32 Å². The summed E-state index contributed by atoms with van der Waals surface area (Å²) in [7, 11) is 0. The van der Waals surface area contributed by atoms with Gasteiger partial charge in [-0.1, -0.05) is 12.1 Å². The highest BCUT2D eigenvalue weighted by molar-refractivity contribution is 6.09. The Labute approximate surface area is 139 Å². The highest BCUT2D eigenvalue weighted by atomic mass is 16.2. The number of hydrogen-bond acceptors (Lipinski definition) is 3. The van der Waals surface area contributed by atoms with E-state index >= 15 is 0 Å². The van der Waals surface area contributed by atoms with Crippen LogP contribution in [0.5, 0.6) is 0 Å². The van der Waals surface area contributed by atoms with Crippen molar-refractivity contribution in [2.45, 2.75) is 13.3 Å². The van der Waals surface area contributed by atoms with Gasteiger partial charge in [-0.2, -0.15) is 0 Å². The number of nitrogens with one attached hydrogen (secondary N) is 1. The number of para-hydroxylation sites is 1. The second-order valence-corrected chi connectivity index (χ2v) is 5.63. The van der Waals surface area contributed by atoms with E-state index in [1.54, 1.807) is 47.4 Å². The molecule has 1 aliphatic heterocycles. The van der Waals surface area contributed by atoms with Crippen LogP contribution in [0.3, 0.4) is 0 Å². The Morgan fingerprint density at radius 3 is 2.58 bits per heavy atom. The average molecular weight is 323 g/mol. The van der Waals surface area contributed by atoms with Gasteiger partial charge in [0.15, 0.2) is 0 Å². The second kappa shape index (κ2) is 6.16. The van der Waals surface area contributed by atoms with E-state index < -0.39 is 5.91 Å². The molecule has 3 N–H and O–H groups in total. The molecule has 0 aromatic heterocycles. The quantitative estimate of drug-likeness (QED) is 0.904. The van der Waals surface area contributed by atoms with E-state index in [1.165, 1.54) is 6.92 Å². The van der Waals surface area contributed by atoms with E-state index in [-0.39, 0.29) is 17.4 Å². The van der Waals surface area contributed by atoms with Crippen LogP contribution in [0.1, 0.15) is 33.2 Å². The van der Waals surface area contributed by atoms with Gasteiger partial charge >= 0.3 is 0 Å². The molecule has 0 saturated heterocycles. The number of amides is 3. The smallest absolute Gasteiger partial charge is 0.255 e. The van der Waals surface area contributed by atoms with Crippen LogP contribution in [0, 0.1) is 0 Å². The minimum atomic E-state index is -0.600. The Hall–Kier alpha value is -3.15. The van der Waals surface area contributed by atoms with E-state index in [0.717, 1.165) is 11.3 Å². The zero-order valence-electron chi connectivity index (χ0n) is 13.2. The Morgan fingerprint density at radius 2 is 1.88 bits per heavy atom. The number of carbonyl (C=O) groups excluding carboxylic acids is 3. The average Bonchev–Trinajstić information content (AvgIpc) is 2.98. The fourth-order valence-corrected chi connectivity index (χ4v) is 2.87. The second-order valence-electron chi connectivity index (χ2n) is 5.63. The van der Waals surface area contributed by atoms with Gasteiger partial charge in [0.1, 0.15) is 0 Å². The van der Waals surface area contributed by atoms with Crippen LogP contribution in [-0.2, 0) is 11.2 Å². The molecule has 6 nitrogen and oxygen atoms in total. The first kappa shape index (κ1) is 15.7. The lowest BCUT2D eigenvalue weighted by atomic mass is 10.1. The molecule has 122 valence electrons. The third-order valence-electron chi connectivity index (χ3n) is 4.06. The van der Waals surface area contributed by atoms with Crippen LogP contribution in [0.25, 0.3) is 0 Å². The summed E-state index contributed by atoms with van der Waals surface area (Å²) in [5.74, 6) is -0.939. The minimum absolute atomic E-state index is 0.0127. The van der Waals surface area contributed by atoms with Crippen molar-refractivity contribution in [1.82, 2.24) is 0 Å². The van der Waals surface area contributed by atoms with Gasteiger partial charge in [0, 0.05) is 24.7 Å². The number of rotatable bonds is 3. The molecular formula is C18H17N3O3. The molecule has 0 unspecified atom stereocenters. The summed E-state index contributed by atoms with van der Waals surface area (Å²) in [6.45, 7) is 2.15. The van der Waals surface area contributed by atoms with Gasteiger partial charge < -0.3 is 16.0 Å². The third kappa shape index (κ3) is 2.86. The van der Waals surface area contributed by atoms with E-state index in [0.29, 0.717) is 24.2 Å². The SMILES string of the molecule is CC(=O)N1CCc2cc(C(=O)Nc3ccccc3C(N)=O)ccc21. The first-order valence-corrected chi connectivity index (χ1v) is 7.58. The molecule has 3 rings (SSSR count). The number of anilines is 2. The molecule has 3 amide bonds. The number of nitrogens with zero attached hydrogens (tertiary/aromatic N) is 1. The summed E-state index contributed by atoms with van der Waals surface area (Å²) < 4.78 is 0. The summed E-state index contributed by atoms with van der Waals surface area (Å²) in [5.41, 5.74) is 8.23. The molecule has 24 heavy (non-hydrogen) atoms. The number of benzene rings is 2. The zero-order valence-corrected chi connectivity index (χ0v) is 13.2. The summed E-state index contributed by atoms with van der Waals surface area (Å²) >= 11 is 0. The Kier molecular flexibility index (Phi) is 4.04. The van der Waals surface area contributed by atoms with Crippen molar-refractivity contribution in [3.63, 3.8) is 0 Å². The molecule has 0 saturated carbocycles. The molecule has 0 bridgehead atoms. The predicted octanol–water partition coefficient (Wildman–Crippen LogP) is 1.95. The van der Waals surface area contributed by atoms with Crippen LogP contribution in [0.15, 0.2) is 42.5 Å². The van der Waals surface area contributed by atoms with Gasteiger partial charge in [0.2, 0.25) is 5.91 Å². The van der Waals surface area contributed by atoms with Gasteiger partial charge in [-0.3, -0.25) is 14.4 Å². The standard InChI is InChI=1S/C18H17N3O3/c1-11(22)21-9-8-12-10-13(6-7-16(12)21)18(24)20-15-5-3-2-4-14(15)17(19)23/h2-7,10H,8-9H2,1H3,(H2,19,23)(H,20,24). The van der Waals surface area contributed by atoms with Gasteiger partial charge in [-0.05, 0) is 42.3 Å². The fraction of sp³-hybridized carbons (Fsp3) is 0.167. The van der Waals surface area contributed by atoms with Crippen LogP contribution in [0.4, 0.5) is 11.4 Å². The topological polar surface area (TPSA) is 92.5 Å². The number of hydrogen-bond donors (Lipinski definition) is 2. The Balaban J connectivity index is 1.85. The summed E-state index contributed by atoms with van der Waals surface area (Å²) in [4.78, 5) is 37.2. The van der Waals surface area contributed by atoms with Crippen LogP contribution in [-0.4, -0.2) is 24.3 Å². The molecule has 1 aliphatic rings. The summed E-state index contributed by atoms with van der Waals surface area (Å²) in [6, 6.07) is 11.8. The largest absolute Gasteiger partial charge is 0.366 e. The number of nitrogens with two attached hydrogens (primary N) is 1. The molecule has 2 aromatic rings. The molecule has 6 heteroatoms. The van der Waals surface area contributed by atoms with Gasteiger partial charge in [0.25, 0.3) is 11.8 Å². The Bertz CT molecular complexity index is 845. The minimum Gasteiger partial charge on any atom is -0.366 e. The van der Waals surface area contributed by atoms with Crippen molar-refractivity contribution in [3.05, 3.63) is 59.2 Å². The van der Waals surface area contributed by atoms with Crippen LogP contribution in [0.2, 0.25) is 0 Å². The lowest BCUT2D eigenvalue weighted by Gasteiger charge is -2.15. The zero-order chi connectivity index (χ0) is 17.3. The number of fused-ring (bicyclic) bond motifs is 1. The maximum absolute atomic E-state index is 12.5. The van der Waals surface area contributed by atoms with Gasteiger partial charge in [-0.25, -0.2) is 0 Å². The third-order valence-corrected chi connectivity index (χ3v) is 4.06. The maximum atomic E-state index is 12.5. The molecule has 0 fully saturated rings. The van der Waals surface area contributed by atoms with Crippen molar-refractivity contribution in [1.29, 1.82) is 0 Å².